The van der Waals surface area contributed by atoms with Crippen LogP contribution in [-0.2, 0) is 12.3 Å². The fourth-order valence-electron chi connectivity index (χ4n) is 3.69. The molecule has 0 spiro atoms. The van der Waals surface area contributed by atoms with Crippen molar-refractivity contribution in [1.82, 2.24) is 9.55 Å². The average molecular weight is 431 g/mol. The van der Waals surface area contributed by atoms with Crippen LogP contribution in [-0.4, -0.2) is 22.3 Å². The van der Waals surface area contributed by atoms with Crippen molar-refractivity contribution >= 4 is 22.7 Å². The molecule has 31 heavy (non-hydrogen) atoms. The van der Waals surface area contributed by atoms with E-state index in [9.17, 15) is 4.79 Å². The number of hydrogen-bond acceptors (Lipinski definition) is 5. The van der Waals surface area contributed by atoms with Gasteiger partial charge in [0.2, 0.25) is 0 Å². The highest BCUT2D eigenvalue weighted by atomic mass is 32.2. The Morgan fingerprint density at radius 2 is 1.74 bits per heavy atom. The molecule has 156 valence electrons. The van der Waals surface area contributed by atoms with Crippen LogP contribution in [0.5, 0.6) is 11.5 Å². The molecule has 1 atom stereocenters. The largest absolute Gasteiger partial charge is 0.486 e. The van der Waals surface area contributed by atoms with E-state index < -0.39 is 0 Å². The number of aryl methyl sites for hydroxylation is 1. The number of benzene rings is 3. The van der Waals surface area contributed by atoms with E-state index in [1.807, 2.05) is 60.7 Å². The van der Waals surface area contributed by atoms with Crippen molar-refractivity contribution in [2.75, 3.05) is 6.61 Å². The first-order valence-corrected chi connectivity index (χ1v) is 11.2. The summed E-state index contributed by atoms with van der Waals surface area (Å²) in [4.78, 5) is 18.2. The zero-order valence-electron chi connectivity index (χ0n) is 17.2. The maximum Gasteiger partial charge on any atom is 0.262 e. The summed E-state index contributed by atoms with van der Waals surface area (Å²) in [6, 6.07) is 23.4. The van der Waals surface area contributed by atoms with Crippen LogP contribution in [0.4, 0.5) is 0 Å². The summed E-state index contributed by atoms with van der Waals surface area (Å²) in [6.45, 7) is 2.86. The maximum atomic E-state index is 13.4. The van der Waals surface area contributed by atoms with Crippen molar-refractivity contribution in [2.45, 2.75) is 30.5 Å². The van der Waals surface area contributed by atoms with Gasteiger partial charge in [-0.1, -0.05) is 60.3 Å². The fraction of sp³-hybridized carbons (Fsp3) is 0.200. The highest BCUT2D eigenvalue weighted by molar-refractivity contribution is 7.98. The summed E-state index contributed by atoms with van der Waals surface area (Å²) in [6.07, 6.45) is -0.270. The Morgan fingerprint density at radius 1 is 1.00 bits per heavy atom. The normalized spacial score (nSPS) is 15.2. The first-order chi connectivity index (χ1) is 15.2. The van der Waals surface area contributed by atoms with Crippen LogP contribution in [0.2, 0.25) is 0 Å². The second-order valence-electron chi connectivity index (χ2n) is 7.54. The molecule has 0 unspecified atom stereocenters. The number of rotatable bonds is 5. The number of ether oxygens (including phenoxy) is 2. The molecule has 0 saturated carbocycles. The van der Waals surface area contributed by atoms with Crippen molar-refractivity contribution in [3.63, 3.8) is 0 Å². The quantitative estimate of drug-likeness (QED) is 0.335. The maximum absolute atomic E-state index is 13.4. The summed E-state index contributed by atoms with van der Waals surface area (Å²) < 4.78 is 13.7. The van der Waals surface area contributed by atoms with Gasteiger partial charge in [-0.15, -0.1) is 0 Å². The Bertz CT molecular complexity index is 1300. The minimum Gasteiger partial charge on any atom is -0.486 e. The van der Waals surface area contributed by atoms with E-state index in [1.54, 1.807) is 16.3 Å². The minimum absolute atomic E-state index is 0.0552. The number of thioether (sulfide) groups is 1. The molecule has 4 aromatic rings. The first-order valence-electron chi connectivity index (χ1n) is 10.2. The zero-order valence-corrected chi connectivity index (χ0v) is 18.0. The van der Waals surface area contributed by atoms with Gasteiger partial charge in [0, 0.05) is 5.75 Å². The fourth-order valence-corrected chi connectivity index (χ4v) is 4.77. The van der Waals surface area contributed by atoms with Crippen LogP contribution in [0.15, 0.2) is 82.7 Å². The van der Waals surface area contributed by atoms with Crippen molar-refractivity contribution in [2.24, 2.45) is 0 Å². The Kier molecular flexibility index (Phi) is 5.38. The molecule has 0 N–H and O–H groups in total. The lowest BCUT2D eigenvalue weighted by atomic mass is 10.1. The predicted octanol–water partition coefficient (Wildman–Crippen LogP) is 4.84. The SMILES string of the molecule is Cc1ccccc1CSc1nc2ccccc2c(=O)n1C[C@@H]1COc2ccccc2O1. The third-order valence-corrected chi connectivity index (χ3v) is 6.42. The molecule has 2 heterocycles. The van der Waals surface area contributed by atoms with Crippen LogP contribution >= 0.6 is 11.8 Å². The van der Waals surface area contributed by atoms with Crippen molar-refractivity contribution in [1.29, 1.82) is 0 Å². The summed E-state index contributed by atoms with van der Waals surface area (Å²) in [5.41, 5.74) is 3.11. The minimum atomic E-state index is -0.270. The average Bonchev–Trinajstić information content (AvgIpc) is 2.80. The van der Waals surface area contributed by atoms with Crippen molar-refractivity contribution < 1.29 is 9.47 Å². The molecule has 0 aliphatic carbocycles. The molecule has 0 amide bonds. The molecule has 0 fully saturated rings. The lowest BCUT2D eigenvalue weighted by Crippen LogP contribution is -2.37. The third kappa shape index (κ3) is 4.03. The molecule has 5 rings (SSSR count). The highest BCUT2D eigenvalue weighted by Crippen LogP contribution is 2.32. The van der Waals surface area contributed by atoms with Gasteiger partial charge >= 0.3 is 0 Å². The number of nitrogens with zero attached hydrogens (tertiary/aromatic N) is 2. The second-order valence-corrected chi connectivity index (χ2v) is 8.48. The lowest BCUT2D eigenvalue weighted by Gasteiger charge is -2.27. The molecule has 0 saturated heterocycles. The Labute approximate surface area is 184 Å². The summed E-state index contributed by atoms with van der Waals surface area (Å²) in [5.74, 6) is 2.18. The number of hydrogen-bond donors (Lipinski definition) is 0. The van der Waals surface area contributed by atoms with Crippen molar-refractivity contribution in [3.05, 3.63) is 94.3 Å². The Balaban J connectivity index is 1.48. The van der Waals surface area contributed by atoms with E-state index in [2.05, 4.69) is 19.1 Å². The van der Waals surface area contributed by atoms with E-state index >= 15 is 0 Å². The van der Waals surface area contributed by atoms with Crippen LogP contribution in [0.3, 0.4) is 0 Å². The van der Waals surface area contributed by atoms with Gasteiger partial charge in [0.25, 0.3) is 5.56 Å². The van der Waals surface area contributed by atoms with E-state index in [0.717, 1.165) is 11.5 Å². The van der Waals surface area contributed by atoms with Gasteiger partial charge in [0.15, 0.2) is 22.8 Å². The third-order valence-electron chi connectivity index (χ3n) is 5.40. The van der Waals surface area contributed by atoms with E-state index in [-0.39, 0.29) is 11.7 Å². The Hall–Kier alpha value is -3.25. The van der Waals surface area contributed by atoms with Gasteiger partial charge < -0.3 is 9.47 Å². The first kappa shape index (κ1) is 19.7. The molecule has 0 bridgehead atoms. The second kappa shape index (κ2) is 8.47. The van der Waals surface area contributed by atoms with Gasteiger partial charge in [0.05, 0.1) is 17.4 Å². The predicted molar refractivity (Wildman–Crippen MR) is 123 cm³/mol. The molecule has 6 heteroatoms. The number of para-hydroxylation sites is 3. The van der Waals surface area contributed by atoms with Gasteiger partial charge in [-0.3, -0.25) is 9.36 Å². The highest BCUT2D eigenvalue weighted by Gasteiger charge is 2.23. The van der Waals surface area contributed by atoms with Crippen LogP contribution in [0.1, 0.15) is 11.1 Å². The van der Waals surface area contributed by atoms with E-state index in [1.165, 1.54) is 11.1 Å². The number of fused-ring (bicyclic) bond motifs is 2. The van der Waals surface area contributed by atoms with Gasteiger partial charge in [0.1, 0.15) is 6.61 Å². The van der Waals surface area contributed by atoms with Crippen molar-refractivity contribution in [3.8, 4) is 11.5 Å². The topological polar surface area (TPSA) is 53.4 Å². The van der Waals surface area contributed by atoms with Gasteiger partial charge in [-0.05, 0) is 42.3 Å². The number of aromatic nitrogens is 2. The molecule has 1 aromatic heterocycles. The molecule has 1 aliphatic heterocycles. The Morgan fingerprint density at radius 3 is 2.61 bits per heavy atom. The van der Waals surface area contributed by atoms with E-state index in [4.69, 9.17) is 14.5 Å². The van der Waals surface area contributed by atoms with Crippen LogP contribution < -0.4 is 15.0 Å². The summed E-state index contributed by atoms with van der Waals surface area (Å²) >= 11 is 1.57. The van der Waals surface area contributed by atoms with Gasteiger partial charge in [-0.25, -0.2) is 4.98 Å². The summed E-state index contributed by atoms with van der Waals surface area (Å²) in [7, 11) is 0. The molecular formula is C25H22N2O3S. The molecule has 0 radical (unpaired) electrons. The van der Waals surface area contributed by atoms with E-state index in [0.29, 0.717) is 35.0 Å². The smallest absolute Gasteiger partial charge is 0.262 e. The summed E-state index contributed by atoms with van der Waals surface area (Å²) in [5, 5.41) is 1.30. The molecule has 5 nitrogen and oxygen atoms in total. The molecule has 1 aliphatic rings. The molecular weight excluding hydrogens is 408 g/mol. The van der Waals surface area contributed by atoms with Gasteiger partial charge in [-0.2, -0.15) is 0 Å². The monoisotopic (exact) mass is 430 g/mol. The molecule has 3 aromatic carbocycles. The van der Waals surface area contributed by atoms with Crippen LogP contribution in [0.25, 0.3) is 10.9 Å². The zero-order chi connectivity index (χ0) is 21.2. The van der Waals surface area contributed by atoms with Crippen LogP contribution in [0, 0.1) is 6.92 Å². The lowest BCUT2D eigenvalue weighted by molar-refractivity contribution is 0.0757. The standard InChI is InChI=1S/C25H22N2O3S/c1-17-8-2-3-9-18(17)16-31-25-26-21-11-5-4-10-20(21)24(28)27(25)14-19-15-29-22-12-6-7-13-23(22)30-19/h2-13,19H,14-16H2,1H3/t19-/m1/s1.